The van der Waals surface area contributed by atoms with Crippen LogP contribution < -0.4 is 11.5 Å². The van der Waals surface area contributed by atoms with Gasteiger partial charge in [-0.1, -0.05) is 19.3 Å². The zero-order valence-corrected chi connectivity index (χ0v) is 13.5. The number of aliphatic hydroxyl groups is 1. The molecule has 0 amide bonds. The Morgan fingerprint density at radius 1 is 1.00 bits per heavy atom. The molecule has 5 N–H and O–H groups in total. The van der Waals surface area contributed by atoms with Crippen molar-refractivity contribution in [1.29, 1.82) is 0 Å². The van der Waals surface area contributed by atoms with Crippen LogP contribution >= 0.6 is 0 Å². The Labute approximate surface area is 129 Å². The Morgan fingerprint density at radius 3 is 2.48 bits per heavy atom. The fourth-order valence-corrected chi connectivity index (χ4v) is 5.62. The lowest BCUT2D eigenvalue weighted by Crippen LogP contribution is -2.44. The van der Waals surface area contributed by atoms with Crippen molar-refractivity contribution < 1.29 is 5.11 Å². The van der Waals surface area contributed by atoms with E-state index in [4.69, 9.17) is 11.5 Å². The van der Waals surface area contributed by atoms with Gasteiger partial charge in [0.2, 0.25) is 0 Å². The second-order valence-corrected chi connectivity index (χ2v) is 8.55. The van der Waals surface area contributed by atoms with Crippen LogP contribution in [0.2, 0.25) is 0 Å². The zero-order valence-electron chi connectivity index (χ0n) is 13.5. The van der Waals surface area contributed by atoms with Crippen molar-refractivity contribution in [1.82, 2.24) is 0 Å². The predicted molar refractivity (Wildman–Crippen MR) is 86.8 cm³/mol. The standard InChI is InChI=1S/C18H34N2O/c19-15-4-1-3-13(7-15)8-16(20)9-14-10-18(11-14)6-2-5-17(21)12-18/h13-17,21H,1-12,19-20H2/t13-,14?,15?,16?,17?,18?/m0/s1. The fraction of sp³-hybridized carbons (Fsp3) is 1.00. The topological polar surface area (TPSA) is 72.3 Å². The van der Waals surface area contributed by atoms with Crippen LogP contribution in [-0.4, -0.2) is 23.3 Å². The summed E-state index contributed by atoms with van der Waals surface area (Å²) in [5, 5.41) is 9.88. The molecule has 0 aromatic rings. The molecule has 21 heavy (non-hydrogen) atoms. The Bertz CT molecular complexity index is 337. The molecule has 3 heteroatoms. The lowest BCUT2D eigenvalue weighted by Gasteiger charge is -2.52. The number of hydrogen-bond acceptors (Lipinski definition) is 3. The number of aliphatic hydroxyl groups excluding tert-OH is 1. The first-order chi connectivity index (χ1) is 10.0. The fourth-order valence-electron chi connectivity index (χ4n) is 5.62. The highest BCUT2D eigenvalue weighted by molar-refractivity contribution is 4.98. The molecule has 1 spiro atoms. The van der Waals surface area contributed by atoms with Crippen LogP contribution in [0.5, 0.6) is 0 Å². The van der Waals surface area contributed by atoms with Gasteiger partial charge in [-0.2, -0.15) is 0 Å². The lowest BCUT2D eigenvalue weighted by molar-refractivity contribution is -0.0438. The number of hydrogen-bond donors (Lipinski definition) is 3. The van der Waals surface area contributed by atoms with E-state index >= 15 is 0 Å². The monoisotopic (exact) mass is 294 g/mol. The molecule has 0 heterocycles. The molecule has 0 saturated heterocycles. The maximum atomic E-state index is 9.88. The molecule has 3 nitrogen and oxygen atoms in total. The summed E-state index contributed by atoms with van der Waals surface area (Å²) in [6.07, 6.45) is 14.7. The summed E-state index contributed by atoms with van der Waals surface area (Å²) >= 11 is 0. The third kappa shape index (κ3) is 4.00. The molecule has 3 rings (SSSR count). The van der Waals surface area contributed by atoms with Gasteiger partial charge in [-0.3, -0.25) is 0 Å². The Morgan fingerprint density at radius 2 is 1.76 bits per heavy atom. The molecule has 0 bridgehead atoms. The van der Waals surface area contributed by atoms with Crippen molar-refractivity contribution in [3.63, 3.8) is 0 Å². The molecule has 4 atom stereocenters. The van der Waals surface area contributed by atoms with Crippen molar-refractivity contribution in [3.05, 3.63) is 0 Å². The average molecular weight is 294 g/mol. The highest BCUT2D eigenvalue weighted by atomic mass is 16.3. The van der Waals surface area contributed by atoms with Gasteiger partial charge in [0.05, 0.1) is 6.10 Å². The normalized spacial score (nSPS) is 45.3. The highest BCUT2D eigenvalue weighted by Crippen LogP contribution is 2.56. The van der Waals surface area contributed by atoms with E-state index in [0.29, 0.717) is 17.5 Å². The van der Waals surface area contributed by atoms with Crippen molar-refractivity contribution in [2.45, 2.75) is 95.2 Å². The minimum absolute atomic E-state index is 0.0305. The van der Waals surface area contributed by atoms with Crippen molar-refractivity contribution >= 4 is 0 Å². The first-order valence-electron chi connectivity index (χ1n) is 9.24. The molecular formula is C18H34N2O. The summed E-state index contributed by atoms with van der Waals surface area (Å²) in [6.45, 7) is 0. The van der Waals surface area contributed by atoms with Crippen LogP contribution in [0.15, 0.2) is 0 Å². The van der Waals surface area contributed by atoms with Crippen LogP contribution in [0.1, 0.15) is 77.0 Å². The van der Waals surface area contributed by atoms with E-state index in [-0.39, 0.29) is 6.10 Å². The van der Waals surface area contributed by atoms with Gasteiger partial charge in [-0.15, -0.1) is 0 Å². The summed E-state index contributed by atoms with van der Waals surface area (Å²) in [6, 6.07) is 0.794. The summed E-state index contributed by atoms with van der Waals surface area (Å²) in [5.74, 6) is 1.59. The molecule has 0 aliphatic heterocycles. The first-order valence-corrected chi connectivity index (χ1v) is 9.24. The quantitative estimate of drug-likeness (QED) is 0.746. The molecule has 0 radical (unpaired) electrons. The van der Waals surface area contributed by atoms with Crippen LogP contribution in [0.25, 0.3) is 0 Å². The third-order valence-electron chi connectivity index (χ3n) is 6.45. The molecular weight excluding hydrogens is 260 g/mol. The Kier molecular flexibility index (Phi) is 4.92. The smallest absolute Gasteiger partial charge is 0.0545 e. The summed E-state index contributed by atoms with van der Waals surface area (Å²) in [4.78, 5) is 0. The van der Waals surface area contributed by atoms with E-state index in [2.05, 4.69) is 0 Å². The van der Waals surface area contributed by atoms with Crippen molar-refractivity contribution in [2.24, 2.45) is 28.7 Å². The van der Waals surface area contributed by atoms with Crippen molar-refractivity contribution in [3.8, 4) is 0 Å². The molecule has 3 saturated carbocycles. The summed E-state index contributed by atoms with van der Waals surface area (Å²) in [7, 11) is 0. The summed E-state index contributed by atoms with van der Waals surface area (Å²) in [5.41, 5.74) is 13.0. The van der Waals surface area contributed by atoms with Crippen LogP contribution in [-0.2, 0) is 0 Å². The van der Waals surface area contributed by atoms with E-state index in [1.54, 1.807) is 0 Å². The SMILES string of the molecule is NC1CCC[C@H](CC(N)CC2CC3(CCCC(O)C3)C2)C1. The first kappa shape index (κ1) is 15.8. The van der Waals surface area contributed by atoms with Crippen LogP contribution in [0.4, 0.5) is 0 Å². The lowest BCUT2D eigenvalue weighted by atomic mass is 9.54. The molecule has 3 aliphatic carbocycles. The minimum Gasteiger partial charge on any atom is -0.393 e. The second-order valence-electron chi connectivity index (χ2n) is 8.55. The van der Waals surface area contributed by atoms with Gasteiger partial charge in [0.15, 0.2) is 0 Å². The van der Waals surface area contributed by atoms with E-state index in [9.17, 15) is 5.11 Å². The van der Waals surface area contributed by atoms with Gasteiger partial charge < -0.3 is 16.6 Å². The second kappa shape index (κ2) is 6.55. The van der Waals surface area contributed by atoms with Gasteiger partial charge in [-0.25, -0.2) is 0 Å². The predicted octanol–water partition coefficient (Wildman–Crippen LogP) is 2.94. The largest absolute Gasteiger partial charge is 0.393 e. The third-order valence-corrected chi connectivity index (χ3v) is 6.45. The maximum absolute atomic E-state index is 9.88. The zero-order chi connectivity index (χ0) is 14.9. The van der Waals surface area contributed by atoms with Gasteiger partial charge >= 0.3 is 0 Å². The number of nitrogens with two attached hydrogens (primary N) is 2. The summed E-state index contributed by atoms with van der Waals surface area (Å²) < 4.78 is 0. The number of rotatable bonds is 4. The van der Waals surface area contributed by atoms with E-state index in [0.717, 1.165) is 24.7 Å². The molecule has 122 valence electrons. The maximum Gasteiger partial charge on any atom is 0.0545 e. The molecule has 0 aromatic heterocycles. The van der Waals surface area contributed by atoms with Gasteiger partial charge in [-0.05, 0) is 75.0 Å². The van der Waals surface area contributed by atoms with Crippen LogP contribution in [0, 0.1) is 17.3 Å². The van der Waals surface area contributed by atoms with E-state index in [1.807, 2.05) is 0 Å². The molecule has 0 aromatic carbocycles. The van der Waals surface area contributed by atoms with Crippen LogP contribution in [0.3, 0.4) is 0 Å². The Balaban J connectivity index is 1.38. The van der Waals surface area contributed by atoms with E-state index < -0.39 is 0 Å². The van der Waals surface area contributed by atoms with Crippen molar-refractivity contribution in [2.75, 3.05) is 0 Å². The van der Waals surface area contributed by atoms with Gasteiger partial charge in [0, 0.05) is 12.1 Å². The highest BCUT2D eigenvalue weighted by Gasteiger charge is 2.46. The van der Waals surface area contributed by atoms with Gasteiger partial charge in [0.1, 0.15) is 0 Å². The molecule has 3 fully saturated rings. The van der Waals surface area contributed by atoms with Gasteiger partial charge in [0.25, 0.3) is 0 Å². The minimum atomic E-state index is -0.0305. The molecule has 3 unspecified atom stereocenters. The van der Waals surface area contributed by atoms with E-state index in [1.165, 1.54) is 64.2 Å². The Hall–Kier alpha value is -0.120. The average Bonchev–Trinajstić information content (AvgIpc) is 2.36. The molecule has 3 aliphatic rings.